The van der Waals surface area contributed by atoms with Gasteiger partial charge in [0.2, 0.25) is 5.95 Å². The zero-order valence-electron chi connectivity index (χ0n) is 15.7. The van der Waals surface area contributed by atoms with Crippen LogP contribution in [0.25, 0.3) is 11.3 Å². The molecule has 2 aromatic heterocycles. The minimum absolute atomic E-state index is 0.274. The Balaban J connectivity index is 1.79. The molecule has 6 heteroatoms. The molecule has 0 saturated carbocycles. The minimum Gasteiger partial charge on any atom is -0.461 e. The van der Waals surface area contributed by atoms with Gasteiger partial charge < -0.3 is 14.6 Å². The summed E-state index contributed by atoms with van der Waals surface area (Å²) in [5, 5.41) is 3.25. The Hall–Kier alpha value is -3.15. The lowest BCUT2D eigenvalue weighted by Gasteiger charge is -2.17. The molecule has 3 aromatic rings. The third-order valence-electron chi connectivity index (χ3n) is 5.03. The van der Waals surface area contributed by atoms with Crippen molar-refractivity contribution in [3.63, 3.8) is 0 Å². The zero-order valence-corrected chi connectivity index (χ0v) is 15.7. The number of aryl methyl sites for hydroxylation is 1. The fourth-order valence-electron chi connectivity index (χ4n) is 3.67. The molecule has 27 heavy (non-hydrogen) atoms. The largest absolute Gasteiger partial charge is 0.461 e. The number of para-hydroxylation sites is 1. The molecule has 0 spiro atoms. The second-order valence-electron chi connectivity index (χ2n) is 6.63. The van der Waals surface area contributed by atoms with Crippen molar-refractivity contribution in [3.8, 4) is 11.3 Å². The highest BCUT2D eigenvalue weighted by Gasteiger charge is 2.30. The van der Waals surface area contributed by atoms with Crippen molar-refractivity contribution in [2.45, 2.75) is 26.7 Å². The van der Waals surface area contributed by atoms with Crippen molar-refractivity contribution in [2.75, 3.05) is 11.9 Å². The molecule has 0 unspecified atom stereocenters. The van der Waals surface area contributed by atoms with Crippen molar-refractivity contribution in [3.05, 3.63) is 59.0 Å². The number of hydrogen-bond donors (Lipinski definition) is 1. The highest BCUT2D eigenvalue weighted by atomic mass is 16.5. The van der Waals surface area contributed by atoms with Crippen LogP contribution < -0.4 is 5.32 Å². The third-order valence-corrected chi connectivity index (χ3v) is 5.03. The van der Waals surface area contributed by atoms with Crippen molar-refractivity contribution >= 4 is 17.6 Å². The monoisotopic (exact) mass is 362 g/mol. The van der Waals surface area contributed by atoms with Crippen molar-refractivity contribution in [1.82, 2.24) is 14.5 Å². The summed E-state index contributed by atoms with van der Waals surface area (Å²) in [7, 11) is 1.91. The second kappa shape index (κ2) is 6.87. The maximum absolute atomic E-state index is 12.5. The molecule has 0 fully saturated rings. The lowest BCUT2D eigenvalue weighted by molar-refractivity contribution is 0.0513. The summed E-state index contributed by atoms with van der Waals surface area (Å²) < 4.78 is 7.19. The molecule has 0 atom stereocenters. The number of fused-ring (bicyclic) bond motifs is 3. The molecule has 1 aliphatic carbocycles. The quantitative estimate of drug-likeness (QED) is 0.715. The highest BCUT2D eigenvalue weighted by Crippen LogP contribution is 2.38. The van der Waals surface area contributed by atoms with Crippen molar-refractivity contribution in [1.29, 1.82) is 0 Å². The molecule has 2 heterocycles. The summed E-state index contributed by atoms with van der Waals surface area (Å²) in [5.74, 6) is 0.276. The van der Waals surface area contributed by atoms with E-state index in [-0.39, 0.29) is 5.97 Å². The Labute approximate surface area is 158 Å². The Morgan fingerprint density at radius 2 is 2.04 bits per heavy atom. The predicted molar refractivity (Wildman–Crippen MR) is 104 cm³/mol. The van der Waals surface area contributed by atoms with Gasteiger partial charge in [0.15, 0.2) is 0 Å². The molecule has 0 aliphatic heterocycles. The van der Waals surface area contributed by atoms with Crippen molar-refractivity contribution < 1.29 is 9.53 Å². The van der Waals surface area contributed by atoms with Gasteiger partial charge in [-0.1, -0.05) is 18.2 Å². The lowest BCUT2D eigenvalue weighted by Crippen LogP contribution is -2.14. The number of benzene rings is 1. The standard InChI is InChI=1S/C21H22N4O2/c1-4-27-20(26)19-16-11-10-14-12-22-21(23-15-8-6-5-7-9-15)24-18(14)17(16)13(2)25(19)3/h5-9,12H,4,10-11H2,1-3H3,(H,22,23,24). The first-order valence-corrected chi connectivity index (χ1v) is 9.13. The lowest BCUT2D eigenvalue weighted by atomic mass is 9.90. The van der Waals surface area contributed by atoms with Gasteiger partial charge in [-0.25, -0.2) is 14.8 Å². The second-order valence-corrected chi connectivity index (χ2v) is 6.63. The molecule has 0 bridgehead atoms. The Morgan fingerprint density at radius 1 is 1.26 bits per heavy atom. The van der Waals surface area contributed by atoms with Crippen LogP contribution in [0.4, 0.5) is 11.6 Å². The van der Waals surface area contributed by atoms with Crippen molar-refractivity contribution in [2.24, 2.45) is 7.05 Å². The number of ether oxygens (including phenoxy) is 1. The van der Waals surface area contributed by atoms with Gasteiger partial charge in [-0.15, -0.1) is 0 Å². The number of esters is 1. The minimum atomic E-state index is -0.274. The maximum Gasteiger partial charge on any atom is 0.355 e. The van der Waals surface area contributed by atoms with Gasteiger partial charge in [-0.3, -0.25) is 0 Å². The average molecular weight is 362 g/mol. The first-order chi connectivity index (χ1) is 13.1. The fraction of sp³-hybridized carbons (Fsp3) is 0.286. The van der Waals surface area contributed by atoms with Crippen LogP contribution in [0, 0.1) is 6.92 Å². The van der Waals surface area contributed by atoms with Crippen LogP contribution in [0.2, 0.25) is 0 Å². The maximum atomic E-state index is 12.5. The van der Waals surface area contributed by atoms with Crippen LogP contribution in [0.1, 0.15) is 34.2 Å². The Morgan fingerprint density at radius 3 is 2.78 bits per heavy atom. The van der Waals surface area contributed by atoms with E-state index in [1.54, 1.807) is 0 Å². The highest BCUT2D eigenvalue weighted by molar-refractivity contribution is 5.94. The number of aromatic nitrogens is 3. The van der Waals surface area contributed by atoms with E-state index in [2.05, 4.69) is 10.3 Å². The molecule has 0 radical (unpaired) electrons. The summed E-state index contributed by atoms with van der Waals surface area (Å²) in [6.07, 6.45) is 3.48. The molecule has 4 rings (SSSR count). The van der Waals surface area contributed by atoms with Gasteiger partial charge in [-0.05, 0) is 49.9 Å². The predicted octanol–water partition coefficient (Wildman–Crippen LogP) is 3.81. The molecule has 6 nitrogen and oxygen atoms in total. The Kier molecular flexibility index (Phi) is 4.39. The summed E-state index contributed by atoms with van der Waals surface area (Å²) in [6, 6.07) is 9.84. The molecular formula is C21H22N4O2. The fourth-order valence-corrected chi connectivity index (χ4v) is 3.67. The van der Waals surface area contributed by atoms with Crippen LogP contribution >= 0.6 is 0 Å². The van der Waals surface area contributed by atoms with E-state index >= 15 is 0 Å². The molecule has 0 saturated heterocycles. The van der Waals surface area contributed by atoms with Crippen LogP contribution in [-0.2, 0) is 24.6 Å². The molecule has 1 N–H and O–H groups in total. The number of anilines is 2. The van der Waals surface area contributed by atoms with E-state index in [1.165, 1.54) is 0 Å². The topological polar surface area (TPSA) is 69.0 Å². The van der Waals surface area contributed by atoms with E-state index < -0.39 is 0 Å². The summed E-state index contributed by atoms with van der Waals surface area (Å²) in [4.78, 5) is 21.7. The number of rotatable bonds is 4. The van der Waals surface area contributed by atoms with E-state index in [9.17, 15) is 4.79 Å². The number of hydrogen-bond acceptors (Lipinski definition) is 5. The van der Waals surface area contributed by atoms with E-state index in [1.807, 2.05) is 62.0 Å². The van der Waals surface area contributed by atoms with Gasteiger partial charge in [-0.2, -0.15) is 0 Å². The SMILES string of the molecule is CCOC(=O)c1c2c(c(C)n1C)-c1nc(Nc3ccccc3)ncc1CC2. The molecule has 138 valence electrons. The van der Waals surface area contributed by atoms with Crippen LogP contribution in [-0.4, -0.2) is 27.1 Å². The van der Waals surface area contributed by atoms with Crippen LogP contribution in [0.5, 0.6) is 0 Å². The van der Waals surface area contributed by atoms with Gasteiger partial charge >= 0.3 is 5.97 Å². The van der Waals surface area contributed by atoms with E-state index in [4.69, 9.17) is 9.72 Å². The van der Waals surface area contributed by atoms with E-state index in [0.29, 0.717) is 18.2 Å². The first-order valence-electron chi connectivity index (χ1n) is 9.13. The number of nitrogens with zero attached hydrogens (tertiary/aromatic N) is 3. The van der Waals surface area contributed by atoms with Crippen LogP contribution in [0.15, 0.2) is 36.5 Å². The molecule has 1 aliphatic rings. The average Bonchev–Trinajstić information content (AvgIpc) is 2.94. The number of carbonyl (C=O) groups excluding carboxylic acids is 1. The Bertz CT molecular complexity index is 1010. The first kappa shape index (κ1) is 17.3. The smallest absolute Gasteiger partial charge is 0.355 e. The normalized spacial score (nSPS) is 12.3. The van der Waals surface area contributed by atoms with Gasteiger partial charge in [0.25, 0.3) is 0 Å². The molecule has 0 amide bonds. The number of nitrogens with one attached hydrogen (secondary N) is 1. The van der Waals surface area contributed by atoms with Gasteiger partial charge in [0.1, 0.15) is 5.69 Å². The van der Waals surface area contributed by atoms with Crippen LogP contribution in [0.3, 0.4) is 0 Å². The summed E-state index contributed by atoms with van der Waals surface area (Å²) in [6.45, 7) is 4.20. The summed E-state index contributed by atoms with van der Waals surface area (Å²) in [5.41, 5.74) is 6.62. The van der Waals surface area contributed by atoms with E-state index in [0.717, 1.165) is 46.6 Å². The van der Waals surface area contributed by atoms with Gasteiger partial charge in [0, 0.05) is 30.2 Å². The third kappa shape index (κ3) is 2.97. The van der Waals surface area contributed by atoms with Gasteiger partial charge in [0.05, 0.1) is 12.3 Å². The molecular weight excluding hydrogens is 340 g/mol. The number of carbonyl (C=O) groups is 1. The zero-order chi connectivity index (χ0) is 19.0. The summed E-state index contributed by atoms with van der Waals surface area (Å²) >= 11 is 0. The molecule has 1 aromatic carbocycles.